The number of nitrogens with one attached hydrogen (secondary N) is 2. The van der Waals surface area contributed by atoms with Crippen molar-refractivity contribution in [1.29, 1.82) is 0 Å². The van der Waals surface area contributed by atoms with Gasteiger partial charge in [0.05, 0.1) is 0 Å². The van der Waals surface area contributed by atoms with Crippen LogP contribution >= 0.6 is 0 Å². The van der Waals surface area contributed by atoms with E-state index in [1.165, 1.54) is 0 Å². The summed E-state index contributed by atoms with van der Waals surface area (Å²) in [6, 6.07) is 4.46. The van der Waals surface area contributed by atoms with Gasteiger partial charge in [-0.05, 0) is 25.0 Å². The molecule has 124 valence electrons. The van der Waals surface area contributed by atoms with Gasteiger partial charge in [-0.1, -0.05) is 13.0 Å². The molecule has 2 heterocycles. The van der Waals surface area contributed by atoms with Crippen molar-refractivity contribution >= 4 is 11.8 Å². The molecule has 0 aliphatic rings. The molecule has 23 heavy (non-hydrogen) atoms. The molecule has 0 bridgehead atoms. The Bertz CT molecular complexity index is 631. The van der Waals surface area contributed by atoms with E-state index in [1.807, 2.05) is 19.9 Å². The monoisotopic (exact) mass is 325 g/mol. The second kappa shape index (κ2) is 7.26. The van der Waals surface area contributed by atoms with E-state index in [2.05, 4.69) is 25.6 Å². The average Bonchev–Trinajstić information content (AvgIpc) is 2.53. The molecule has 0 saturated carbocycles. The lowest BCUT2D eigenvalue weighted by Crippen LogP contribution is -2.19. The maximum atomic E-state index is 13.0. The van der Waals surface area contributed by atoms with Crippen LogP contribution in [0.25, 0.3) is 0 Å². The summed E-state index contributed by atoms with van der Waals surface area (Å²) in [6.07, 6.45) is -0.515. The van der Waals surface area contributed by atoms with Crippen LogP contribution in [0.3, 0.4) is 0 Å². The second-order valence-corrected chi connectivity index (χ2v) is 5.13. The third-order valence-corrected chi connectivity index (χ3v) is 3.20. The van der Waals surface area contributed by atoms with Crippen LogP contribution in [-0.2, 0) is 12.7 Å². The topological polar surface area (TPSA) is 62.7 Å². The molecule has 5 nitrogen and oxygen atoms in total. The molecule has 0 fully saturated rings. The van der Waals surface area contributed by atoms with Gasteiger partial charge in [0.25, 0.3) is 0 Å². The Balaban J connectivity index is 2.21. The molecule has 2 aromatic rings. The number of hydrogen-bond acceptors (Lipinski definition) is 5. The van der Waals surface area contributed by atoms with Gasteiger partial charge in [-0.15, -0.1) is 0 Å². The van der Waals surface area contributed by atoms with Gasteiger partial charge >= 0.3 is 6.18 Å². The fourth-order valence-corrected chi connectivity index (χ4v) is 1.77. The Hall–Kier alpha value is -2.38. The number of rotatable bonds is 6. The first-order valence-electron chi connectivity index (χ1n) is 7.24. The lowest BCUT2D eigenvalue weighted by Gasteiger charge is -2.15. The zero-order valence-corrected chi connectivity index (χ0v) is 12.9. The van der Waals surface area contributed by atoms with Crippen molar-refractivity contribution in [2.45, 2.75) is 39.0 Å². The standard InChI is InChI=1S/C15H18F3N5/c1-3-10(2)21-14-22-12(15(16,17)18)7-13(23-14)20-9-11-5-4-6-19-8-11/h4-8,10H,3,9H2,1-2H3,(H2,20,21,22,23)/t10-/m0/s1. The van der Waals surface area contributed by atoms with Crippen LogP contribution in [0.1, 0.15) is 31.5 Å². The molecule has 0 unspecified atom stereocenters. The zero-order chi connectivity index (χ0) is 16.9. The normalized spacial score (nSPS) is 12.7. The highest BCUT2D eigenvalue weighted by Gasteiger charge is 2.33. The Kier molecular flexibility index (Phi) is 5.36. The number of hydrogen-bond donors (Lipinski definition) is 2. The van der Waals surface area contributed by atoms with E-state index >= 15 is 0 Å². The Morgan fingerprint density at radius 2 is 2.04 bits per heavy atom. The molecule has 0 radical (unpaired) electrons. The molecule has 0 aliphatic heterocycles. The molecule has 0 saturated heterocycles. The van der Waals surface area contributed by atoms with Gasteiger partial charge in [0, 0.05) is 31.0 Å². The fraction of sp³-hybridized carbons (Fsp3) is 0.400. The van der Waals surface area contributed by atoms with Crippen molar-refractivity contribution in [3.8, 4) is 0 Å². The van der Waals surface area contributed by atoms with Crippen molar-refractivity contribution in [3.05, 3.63) is 41.9 Å². The van der Waals surface area contributed by atoms with Crippen LogP contribution < -0.4 is 10.6 Å². The SMILES string of the molecule is CC[C@H](C)Nc1nc(NCc2cccnc2)cc(C(F)(F)F)n1. The third-order valence-electron chi connectivity index (χ3n) is 3.20. The minimum atomic E-state index is -4.53. The van der Waals surface area contributed by atoms with Crippen LogP contribution in [0.15, 0.2) is 30.6 Å². The van der Waals surface area contributed by atoms with E-state index < -0.39 is 11.9 Å². The van der Waals surface area contributed by atoms with Crippen molar-refractivity contribution < 1.29 is 13.2 Å². The summed E-state index contributed by atoms with van der Waals surface area (Å²) in [5.41, 5.74) is -0.136. The van der Waals surface area contributed by atoms with Crippen LogP contribution in [0.2, 0.25) is 0 Å². The predicted molar refractivity (Wildman–Crippen MR) is 82.0 cm³/mol. The molecule has 0 amide bonds. The minimum Gasteiger partial charge on any atom is -0.366 e. The number of halogens is 3. The number of pyridine rings is 1. The van der Waals surface area contributed by atoms with Crippen LogP contribution in [0, 0.1) is 0 Å². The van der Waals surface area contributed by atoms with E-state index in [9.17, 15) is 13.2 Å². The molecule has 0 spiro atoms. The van der Waals surface area contributed by atoms with Crippen LogP contribution in [-0.4, -0.2) is 21.0 Å². The number of anilines is 2. The molecule has 2 rings (SSSR count). The van der Waals surface area contributed by atoms with E-state index in [0.717, 1.165) is 18.1 Å². The maximum Gasteiger partial charge on any atom is 0.433 e. The average molecular weight is 325 g/mol. The zero-order valence-electron chi connectivity index (χ0n) is 12.9. The van der Waals surface area contributed by atoms with Gasteiger partial charge in [-0.3, -0.25) is 4.98 Å². The highest BCUT2D eigenvalue weighted by Crippen LogP contribution is 2.29. The quantitative estimate of drug-likeness (QED) is 0.848. The summed E-state index contributed by atoms with van der Waals surface area (Å²) in [5, 5.41) is 5.74. The minimum absolute atomic E-state index is 0.0235. The predicted octanol–water partition coefficient (Wildman–Crippen LogP) is 3.71. The molecule has 2 aromatic heterocycles. The van der Waals surface area contributed by atoms with E-state index in [1.54, 1.807) is 18.5 Å². The third kappa shape index (κ3) is 5.08. The highest BCUT2D eigenvalue weighted by molar-refractivity contribution is 5.44. The van der Waals surface area contributed by atoms with Crippen molar-refractivity contribution in [1.82, 2.24) is 15.0 Å². The second-order valence-electron chi connectivity index (χ2n) is 5.13. The number of aromatic nitrogens is 3. The first-order chi connectivity index (χ1) is 10.9. The fourth-order valence-electron chi connectivity index (χ4n) is 1.77. The van der Waals surface area contributed by atoms with Gasteiger partial charge in [-0.2, -0.15) is 18.2 Å². The smallest absolute Gasteiger partial charge is 0.366 e. The lowest BCUT2D eigenvalue weighted by molar-refractivity contribution is -0.141. The summed E-state index contributed by atoms with van der Waals surface area (Å²) in [6.45, 7) is 4.10. The van der Waals surface area contributed by atoms with E-state index in [4.69, 9.17) is 0 Å². The first kappa shape index (κ1) is 17.0. The largest absolute Gasteiger partial charge is 0.433 e. The van der Waals surface area contributed by atoms with Crippen LogP contribution in [0.4, 0.5) is 24.9 Å². The number of nitrogens with zero attached hydrogens (tertiary/aromatic N) is 3. The van der Waals surface area contributed by atoms with Gasteiger partial charge in [0.1, 0.15) is 5.82 Å². The van der Waals surface area contributed by atoms with Gasteiger partial charge in [-0.25, -0.2) is 4.98 Å². The first-order valence-corrected chi connectivity index (χ1v) is 7.24. The summed E-state index contributed by atoms with van der Waals surface area (Å²) in [5.74, 6) is 0.0739. The summed E-state index contributed by atoms with van der Waals surface area (Å²) < 4.78 is 38.9. The summed E-state index contributed by atoms with van der Waals surface area (Å²) in [4.78, 5) is 11.6. The van der Waals surface area contributed by atoms with Crippen molar-refractivity contribution in [2.75, 3.05) is 10.6 Å². The van der Waals surface area contributed by atoms with Gasteiger partial charge in [0.2, 0.25) is 5.95 Å². The molecular formula is C15H18F3N5. The Morgan fingerprint density at radius 3 is 2.65 bits per heavy atom. The molecule has 1 atom stereocenters. The number of alkyl halides is 3. The molecule has 8 heteroatoms. The molecular weight excluding hydrogens is 307 g/mol. The van der Waals surface area contributed by atoms with Crippen LogP contribution in [0.5, 0.6) is 0 Å². The molecule has 0 aliphatic carbocycles. The van der Waals surface area contributed by atoms with Crippen molar-refractivity contribution in [3.63, 3.8) is 0 Å². The van der Waals surface area contributed by atoms with E-state index in [0.29, 0.717) is 6.54 Å². The molecule has 0 aromatic carbocycles. The van der Waals surface area contributed by atoms with Crippen molar-refractivity contribution in [2.24, 2.45) is 0 Å². The van der Waals surface area contributed by atoms with Gasteiger partial charge < -0.3 is 10.6 Å². The maximum absolute atomic E-state index is 13.0. The summed E-state index contributed by atoms with van der Waals surface area (Å²) >= 11 is 0. The Labute approximate surface area is 132 Å². The van der Waals surface area contributed by atoms with Gasteiger partial charge in [0.15, 0.2) is 5.69 Å². The Morgan fingerprint density at radius 1 is 1.26 bits per heavy atom. The lowest BCUT2D eigenvalue weighted by atomic mass is 10.2. The summed E-state index contributed by atoms with van der Waals surface area (Å²) in [7, 11) is 0. The van der Waals surface area contributed by atoms with E-state index in [-0.39, 0.29) is 17.8 Å². The highest BCUT2D eigenvalue weighted by atomic mass is 19.4. The molecule has 2 N–H and O–H groups in total.